The van der Waals surface area contributed by atoms with Crippen molar-refractivity contribution in [3.63, 3.8) is 0 Å². The van der Waals surface area contributed by atoms with E-state index in [4.69, 9.17) is 13.9 Å². The standard InChI is InChI=1S/C19H24N2O4/c1-20(14-16-7-10-25-18(16)19(22)23-2)13-15-5-3-4-6-17(15)21-8-11-24-12-9-21/h3-7,10H,8-9,11-14H2,1-2H3. The van der Waals surface area contributed by atoms with Gasteiger partial charge in [-0.3, -0.25) is 4.90 Å². The van der Waals surface area contributed by atoms with Crippen LogP contribution in [0.2, 0.25) is 0 Å². The lowest BCUT2D eigenvalue weighted by molar-refractivity contribution is 0.0562. The van der Waals surface area contributed by atoms with Crippen molar-refractivity contribution in [2.45, 2.75) is 13.1 Å². The maximum absolute atomic E-state index is 11.7. The van der Waals surface area contributed by atoms with Crippen molar-refractivity contribution in [3.8, 4) is 0 Å². The molecule has 1 fully saturated rings. The zero-order valence-corrected chi connectivity index (χ0v) is 14.7. The first kappa shape index (κ1) is 17.5. The highest BCUT2D eigenvalue weighted by molar-refractivity contribution is 5.87. The molecule has 2 aromatic rings. The summed E-state index contributed by atoms with van der Waals surface area (Å²) in [4.78, 5) is 16.3. The maximum atomic E-state index is 11.7. The third-order valence-electron chi connectivity index (χ3n) is 4.34. The summed E-state index contributed by atoms with van der Waals surface area (Å²) in [6.07, 6.45) is 1.52. The number of esters is 1. The molecule has 0 radical (unpaired) electrons. The number of methoxy groups -OCH3 is 1. The SMILES string of the molecule is COC(=O)c1occc1CN(C)Cc1ccccc1N1CCOCC1. The first-order chi connectivity index (χ1) is 12.2. The molecule has 134 valence electrons. The van der Waals surface area contributed by atoms with Crippen LogP contribution >= 0.6 is 0 Å². The largest absolute Gasteiger partial charge is 0.463 e. The van der Waals surface area contributed by atoms with Crippen LogP contribution in [0.4, 0.5) is 5.69 Å². The van der Waals surface area contributed by atoms with Crippen LogP contribution in [0.25, 0.3) is 0 Å². The molecule has 3 rings (SSSR count). The Morgan fingerprint density at radius 3 is 2.64 bits per heavy atom. The summed E-state index contributed by atoms with van der Waals surface area (Å²) in [5, 5.41) is 0. The summed E-state index contributed by atoms with van der Waals surface area (Å²) in [5.74, 6) is -0.169. The molecular weight excluding hydrogens is 320 g/mol. The van der Waals surface area contributed by atoms with Gasteiger partial charge in [-0.15, -0.1) is 0 Å². The summed E-state index contributed by atoms with van der Waals surface area (Å²) in [7, 11) is 3.39. The minimum Gasteiger partial charge on any atom is -0.463 e. The quantitative estimate of drug-likeness (QED) is 0.751. The first-order valence-electron chi connectivity index (χ1n) is 8.43. The molecule has 6 nitrogen and oxygen atoms in total. The molecule has 0 saturated carbocycles. The van der Waals surface area contributed by atoms with Crippen LogP contribution in [0.1, 0.15) is 21.7 Å². The van der Waals surface area contributed by atoms with Crippen molar-refractivity contribution in [2.75, 3.05) is 45.4 Å². The van der Waals surface area contributed by atoms with E-state index in [9.17, 15) is 4.79 Å². The van der Waals surface area contributed by atoms with Crippen LogP contribution in [0.15, 0.2) is 41.0 Å². The van der Waals surface area contributed by atoms with Gasteiger partial charge < -0.3 is 18.8 Å². The first-order valence-corrected chi connectivity index (χ1v) is 8.43. The molecule has 0 aliphatic carbocycles. The van der Waals surface area contributed by atoms with Gasteiger partial charge >= 0.3 is 5.97 Å². The van der Waals surface area contributed by atoms with E-state index >= 15 is 0 Å². The van der Waals surface area contributed by atoms with Crippen molar-refractivity contribution in [2.24, 2.45) is 0 Å². The summed E-state index contributed by atoms with van der Waals surface area (Å²) >= 11 is 0. The molecule has 0 amide bonds. The summed E-state index contributed by atoms with van der Waals surface area (Å²) in [6.45, 7) is 4.74. The lowest BCUT2D eigenvalue weighted by Crippen LogP contribution is -2.37. The fraction of sp³-hybridized carbons (Fsp3) is 0.421. The molecule has 0 N–H and O–H groups in total. The number of ether oxygens (including phenoxy) is 2. The number of morpholine rings is 1. The fourth-order valence-corrected chi connectivity index (χ4v) is 3.13. The summed E-state index contributed by atoms with van der Waals surface area (Å²) in [6, 6.07) is 10.3. The van der Waals surface area contributed by atoms with Crippen molar-refractivity contribution in [3.05, 3.63) is 53.5 Å². The molecule has 0 atom stereocenters. The Hall–Kier alpha value is -2.31. The number of nitrogens with zero attached hydrogens (tertiary/aromatic N) is 2. The molecule has 1 aliphatic heterocycles. The predicted octanol–water partition coefficient (Wildman–Crippen LogP) is 2.53. The Kier molecular flexibility index (Phi) is 5.73. The molecule has 2 heterocycles. The number of carbonyl (C=O) groups excluding carboxylic acids is 1. The molecular formula is C19H24N2O4. The minimum atomic E-state index is -0.442. The average molecular weight is 344 g/mol. The number of anilines is 1. The number of carbonyl (C=O) groups is 1. The Labute approximate surface area is 147 Å². The molecule has 25 heavy (non-hydrogen) atoms. The minimum absolute atomic E-state index is 0.274. The van der Waals surface area contributed by atoms with Crippen molar-refractivity contribution in [1.82, 2.24) is 4.90 Å². The van der Waals surface area contributed by atoms with E-state index in [1.165, 1.54) is 24.6 Å². The second kappa shape index (κ2) is 8.18. The molecule has 0 unspecified atom stereocenters. The third kappa shape index (κ3) is 4.21. The van der Waals surface area contributed by atoms with Crippen LogP contribution in [-0.2, 0) is 22.6 Å². The highest BCUT2D eigenvalue weighted by atomic mass is 16.5. The van der Waals surface area contributed by atoms with Crippen molar-refractivity contribution >= 4 is 11.7 Å². The van der Waals surface area contributed by atoms with Crippen LogP contribution in [0, 0.1) is 0 Å². The van der Waals surface area contributed by atoms with Gasteiger partial charge in [-0.25, -0.2) is 4.79 Å². The lowest BCUT2D eigenvalue weighted by atomic mass is 10.1. The highest BCUT2D eigenvalue weighted by Gasteiger charge is 2.19. The van der Waals surface area contributed by atoms with Crippen molar-refractivity contribution in [1.29, 1.82) is 0 Å². The fourth-order valence-electron chi connectivity index (χ4n) is 3.13. The topological polar surface area (TPSA) is 55.2 Å². The van der Waals surface area contributed by atoms with Gasteiger partial charge in [0.2, 0.25) is 5.76 Å². The van der Waals surface area contributed by atoms with Gasteiger partial charge in [0.25, 0.3) is 0 Å². The van der Waals surface area contributed by atoms with E-state index in [2.05, 4.69) is 34.1 Å². The van der Waals surface area contributed by atoms with E-state index < -0.39 is 5.97 Å². The van der Waals surface area contributed by atoms with Crippen LogP contribution in [0.3, 0.4) is 0 Å². The van der Waals surface area contributed by atoms with Gasteiger partial charge in [-0.2, -0.15) is 0 Å². The van der Waals surface area contributed by atoms with Crippen molar-refractivity contribution < 1.29 is 18.7 Å². The Morgan fingerprint density at radius 2 is 1.88 bits per heavy atom. The van der Waals surface area contributed by atoms with Gasteiger partial charge in [0, 0.05) is 37.4 Å². The monoisotopic (exact) mass is 344 g/mol. The van der Waals surface area contributed by atoms with Crippen LogP contribution in [0.5, 0.6) is 0 Å². The van der Waals surface area contributed by atoms with Gasteiger partial charge in [0.1, 0.15) is 0 Å². The Balaban J connectivity index is 1.70. The number of hydrogen-bond acceptors (Lipinski definition) is 6. The summed E-state index contributed by atoms with van der Waals surface area (Å²) in [5.41, 5.74) is 3.34. The molecule has 1 saturated heterocycles. The van der Waals surface area contributed by atoms with Crippen LogP contribution in [-0.4, -0.2) is 51.3 Å². The van der Waals surface area contributed by atoms with E-state index in [1.54, 1.807) is 0 Å². The zero-order chi connectivity index (χ0) is 17.6. The normalized spacial score (nSPS) is 14.8. The second-order valence-corrected chi connectivity index (χ2v) is 6.17. The summed E-state index contributed by atoms with van der Waals surface area (Å²) < 4.78 is 15.5. The molecule has 6 heteroatoms. The van der Waals surface area contributed by atoms with E-state index in [0.717, 1.165) is 38.4 Å². The highest BCUT2D eigenvalue weighted by Crippen LogP contribution is 2.23. The average Bonchev–Trinajstić information content (AvgIpc) is 3.10. The van der Waals surface area contributed by atoms with Crippen LogP contribution < -0.4 is 4.90 Å². The molecule has 0 spiro atoms. The zero-order valence-electron chi connectivity index (χ0n) is 14.7. The molecule has 1 aromatic heterocycles. The number of hydrogen-bond donors (Lipinski definition) is 0. The van der Waals surface area contributed by atoms with Gasteiger partial charge in [-0.1, -0.05) is 18.2 Å². The lowest BCUT2D eigenvalue weighted by Gasteiger charge is -2.31. The number of benzene rings is 1. The van der Waals surface area contributed by atoms with Gasteiger partial charge in [0.15, 0.2) is 0 Å². The van der Waals surface area contributed by atoms with E-state index in [0.29, 0.717) is 6.54 Å². The Bertz CT molecular complexity index is 707. The maximum Gasteiger partial charge on any atom is 0.374 e. The van der Waals surface area contributed by atoms with E-state index in [-0.39, 0.29) is 5.76 Å². The molecule has 1 aromatic carbocycles. The van der Waals surface area contributed by atoms with Gasteiger partial charge in [-0.05, 0) is 24.7 Å². The number of rotatable bonds is 6. The second-order valence-electron chi connectivity index (χ2n) is 6.17. The number of furan rings is 1. The van der Waals surface area contributed by atoms with E-state index in [1.807, 2.05) is 13.1 Å². The molecule has 0 bridgehead atoms. The van der Waals surface area contributed by atoms with Gasteiger partial charge in [0.05, 0.1) is 26.6 Å². The third-order valence-corrected chi connectivity index (χ3v) is 4.34. The Morgan fingerprint density at radius 1 is 1.16 bits per heavy atom. The number of para-hydroxylation sites is 1. The predicted molar refractivity (Wildman–Crippen MR) is 94.7 cm³/mol. The molecule has 1 aliphatic rings. The smallest absolute Gasteiger partial charge is 0.374 e.